The molecule has 2 heteroatoms. The molecule has 1 nitrogen and oxygen atoms in total. The molecule has 1 atom stereocenters. The predicted octanol–water partition coefficient (Wildman–Crippen LogP) is 7.95. The van der Waals surface area contributed by atoms with Gasteiger partial charge in [-0.3, -0.25) is 0 Å². The van der Waals surface area contributed by atoms with Crippen molar-refractivity contribution in [3.8, 4) is 33.4 Å². The van der Waals surface area contributed by atoms with E-state index in [4.69, 9.17) is 0 Å². The molecule has 0 saturated carbocycles. The molecule has 0 saturated heterocycles. The third-order valence-electron chi connectivity index (χ3n) is 7.41. The molecule has 2 aliphatic carbocycles. The fourth-order valence-electron chi connectivity index (χ4n) is 5.99. The third kappa shape index (κ3) is 2.58. The van der Waals surface area contributed by atoms with Gasteiger partial charge in [0.1, 0.15) is 5.60 Å². The Morgan fingerprint density at radius 2 is 1.09 bits per heavy atom. The SMILES string of the molecule is OC1(c2ccccc2-c2ccccc2Br)c2ccccc2-c2ccc3c(c21)-c1ccccc1C3. The van der Waals surface area contributed by atoms with Gasteiger partial charge >= 0.3 is 0 Å². The summed E-state index contributed by atoms with van der Waals surface area (Å²) < 4.78 is 1.01. The first kappa shape index (κ1) is 20.0. The topological polar surface area (TPSA) is 20.2 Å². The monoisotopic (exact) mass is 500 g/mol. The van der Waals surface area contributed by atoms with Crippen molar-refractivity contribution in [1.29, 1.82) is 0 Å². The number of hydrogen-bond donors (Lipinski definition) is 1. The zero-order chi connectivity index (χ0) is 22.9. The van der Waals surface area contributed by atoms with E-state index in [2.05, 4.69) is 94.8 Å². The highest BCUT2D eigenvalue weighted by Crippen LogP contribution is 2.58. The van der Waals surface area contributed by atoms with Gasteiger partial charge in [-0.25, -0.2) is 0 Å². The van der Waals surface area contributed by atoms with E-state index < -0.39 is 5.60 Å². The standard InChI is InChI=1S/C32H21BrO/c33-29-16-8-5-13-25(29)23-11-3-6-14-27(23)32(34)28-15-7-4-12-24(28)26-18-17-21-19-20-9-1-2-10-22(20)30(21)31(26)32/h1-18,34H,19H2. The summed E-state index contributed by atoms with van der Waals surface area (Å²) >= 11 is 3.75. The third-order valence-corrected chi connectivity index (χ3v) is 8.10. The molecule has 0 fully saturated rings. The first-order valence-corrected chi connectivity index (χ1v) is 12.4. The van der Waals surface area contributed by atoms with Crippen LogP contribution in [0.4, 0.5) is 0 Å². The van der Waals surface area contributed by atoms with Gasteiger partial charge in [0.25, 0.3) is 0 Å². The maximum atomic E-state index is 13.0. The van der Waals surface area contributed by atoms with Crippen molar-refractivity contribution in [1.82, 2.24) is 0 Å². The van der Waals surface area contributed by atoms with E-state index in [0.717, 1.165) is 49.8 Å². The highest BCUT2D eigenvalue weighted by Gasteiger charge is 2.47. The fourth-order valence-corrected chi connectivity index (χ4v) is 6.48. The van der Waals surface area contributed by atoms with Crippen molar-refractivity contribution in [3.05, 3.63) is 141 Å². The van der Waals surface area contributed by atoms with Crippen LogP contribution in [-0.2, 0) is 12.0 Å². The normalized spacial score (nSPS) is 17.1. The Labute approximate surface area is 207 Å². The summed E-state index contributed by atoms with van der Waals surface area (Å²) in [6.07, 6.45) is 0.900. The molecule has 0 bridgehead atoms. The van der Waals surface area contributed by atoms with Crippen LogP contribution in [0, 0.1) is 0 Å². The lowest BCUT2D eigenvalue weighted by Gasteiger charge is -2.31. The molecule has 5 aromatic carbocycles. The maximum absolute atomic E-state index is 13.0. The van der Waals surface area contributed by atoms with Crippen molar-refractivity contribution in [2.24, 2.45) is 0 Å². The van der Waals surface area contributed by atoms with Crippen molar-refractivity contribution in [2.75, 3.05) is 0 Å². The second-order valence-corrected chi connectivity index (χ2v) is 9.99. The smallest absolute Gasteiger partial charge is 0.142 e. The number of halogens is 1. The van der Waals surface area contributed by atoms with Crippen molar-refractivity contribution in [3.63, 3.8) is 0 Å². The maximum Gasteiger partial charge on any atom is 0.142 e. The Morgan fingerprint density at radius 1 is 0.529 bits per heavy atom. The van der Waals surface area contributed by atoms with E-state index in [1.807, 2.05) is 30.3 Å². The fraction of sp³-hybridized carbons (Fsp3) is 0.0625. The van der Waals surface area contributed by atoms with Crippen molar-refractivity contribution >= 4 is 15.9 Å². The molecule has 1 unspecified atom stereocenters. The predicted molar refractivity (Wildman–Crippen MR) is 142 cm³/mol. The molecule has 0 aromatic heterocycles. The van der Waals surface area contributed by atoms with E-state index in [1.54, 1.807) is 0 Å². The van der Waals surface area contributed by atoms with Gasteiger partial charge in [0, 0.05) is 21.2 Å². The molecule has 0 aliphatic heterocycles. The number of aliphatic hydroxyl groups is 1. The molecule has 1 N–H and O–H groups in total. The van der Waals surface area contributed by atoms with Gasteiger partial charge < -0.3 is 5.11 Å². The Kier molecular flexibility index (Phi) is 4.27. The quantitative estimate of drug-likeness (QED) is 0.255. The highest BCUT2D eigenvalue weighted by atomic mass is 79.9. The summed E-state index contributed by atoms with van der Waals surface area (Å²) in [6.45, 7) is 0. The van der Waals surface area contributed by atoms with Gasteiger partial charge in [-0.15, -0.1) is 0 Å². The lowest BCUT2D eigenvalue weighted by atomic mass is 9.77. The van der Waals surface area contributed by atoms with Crippen molar-refractivity contribution < 1.29 is 5.11 Å². The number of benzene rings is 5. The summed E-state index contributed by atoms with van der Waals surface area (Å²) in [5.41, 5.74) is 11.0. The van der Waals surface area contributed by atoms with E-state index in [1.165, 1.54) is 22.3 Å². The summed E-state index contributed by atoms with van der Waals surface area (Å²) in [5, 5.41) is 13.0. The van der Waals surface area contributed by atoms with E-state index in [0.29, 0.717) is 0 Å². The van der Waals surface area contributed by atoms with Crippen LogP contribution in [0.25, 0.3) is 33.4 Å². The van der Waals surface area contributed by atoms with Crippen LogP contribution < -0.4 is 0 Å². The molecule has 7 rings (SSSR count). The number of fused-ring (bicyclic) bond motifs is 7. The zero-order valence-electron chi connectivity index (χ0n) is 18.4. The van der Waals surface area contributed by atoms with Crippen LogP contribution in [0.3, 0.4) is 0 Å². The Bertz CT molecular complexity index is 1620. The Hall–Kier alpha value is -3.46. The Balaban J connectivity index is 1.61. The lowest BCUT2D eigenvalue weighted by molar-refractivity contribution is 0.132. The van der Waals surface area contributed by atoms with Gasteiger partial charge in [-0.05, 0) is 57.0 Å². The molecule has 5 aromatic rings. The van der Waals surface area contributed by atoms with E-state index in [-0.39, 0.29) is 0 Å². The molecule has 34 heavy (non-hydrogen) atoms. The number of rotatable bonds is 2. The highest BCUT2D eigenvalue weighted by molar-refractivity contribution is 9.10. The van der Waals surface area contributed by atoms with Crippen LogP contribution in [0.15, 0.2) is 114 Å². The second kappa shape index (κ2) is 7.27. The van der Waals surface area contributed by atoms with Crippen LogP contribution in [0.2, 0.25) is 0 Å². The molecular formula is C32H21BrO. The average molecular weight is 501 g/mol. The summed E-state index contributed by atoms with van der Waals surface area (Å²) in [5.74, 6) is 0. The van der Waals surface area contributed by atoms with E-state index >= 15 is 0 Å². The van der Waals surface area contributed by atoms with Gasteiger partial charge in [-0.2, -0.15) is 0 Å². The molecule has 0 spiro atoms. The van der Waals surface area contributed by atoms with Crippen molar-refractivity contribution in [2.45, 2.75) is 12.0 Å². The molecular weight excluding hydrogens is 480 g/mol. The van der Waals surface area contributed by atoms with E-state index in [9.17, 15) is 5.11 Å². The van der Waals surface area contributed by atoms with Gasteiger partial charge in [0.05, 0.1) is 0 Å². The molecule has 2 aliphatic rings. The van der Waals surface area contributed by atoms with Crippen LogP contribution in [-0.4, -0.2) is 5.11 Å². The van der Waals surface area contributed by atoms with Crippen LogP contribution in [0.1, 0.15) is 27.8 Å². The van der Waals surface area contributed by atoms with Gasteiger partial charge in [0.2, 0.25) is 0 Å². The minimum Gasteiger partial charge on any atom is -0.376 e. The molecule has 0 heterocycles. The second-order valence-electron chi connectivity index (χ2n) is 9.14. The largest absolute Gasteiger partial charge is 0.376 e. The van der Waals surface area contributed by atoms with Gasteiger partial charge in [-0.1, -0.05) is 119 Å². The van der Waals surface area contributed by atoms with Crippen LogP contribution in [0.5, 0.6) is 0 Å². The summed E-state index contributed by atoms with van der Waals surface area (Å²) in [6, 6.07) is 37.9. The Morgan fingerprint density at radius 3 is 1.79 bits per heavy atom. The molecule has 0 radical (unpaired) electrons. The first-order valence-electron chi connectivity index (χ1n) is 11.6. The zero-order valence-corrected chi connectivity index (χ0v) is 20.0. The molecule has 162 valence electrons. The average Bonchev–Trinajstić information content (AvgIpc) is 3.38. The molecule has 0 amide bonds. The minimum absolute atomic E-state index is 0.900. The van der Waals surface area contributed by atoms with Crippen LogP contribution >= 0.6 is 15.9 Å². The minimum atomic E-state index is -1.26. The number of hydrogen-bond acceptors (Lipinski definition) is 1. The van der Waals surface area contributed by atoms with Gasteiger partial charge in [0.15, 0.2) is 0 Å². The summed E-state index contributed by atoms with van der Waals surface area (Å²) in [7, 11) is 0. The lowest BCUT2D eigenvalue weighted by Crippen LogP contribution is -2.28. The summed E-state index contributed by atoms with van der Waals surface area (Å²) in [4.78, 5) is 0. The first-order chi connectivity index (χ1) is 16.7.